The van der Waals surface area contributed by atoms with E-state index in [0.717, 1.165) is 0 Å². The fourth-order valence-corrected chi connectivity index (χ4v) is 1.98. The van der Waals surface area contributed by atoms with Crippen LogP contribution in [-0.4, -0.2) is 4.98 Å². The van der Waals surface area contributed by atoms with E-state index in [2.05, 4.69) is 20.9 Å². The van der Waals surface area contributed by atoms with E-state index in [9.17, 15) is 0 Å². The van der Waals surface area contributed by atoms with Crippen molar-refractivity contribution in [1.82, 2.24) is 4.98 Å². The van der Waals surface area contributed by atoms with Gasteiger partial charge in [0, 0.05) is 12.3 Å². The topological polar surface area (TPSA) is 48.1 Å². The fraction of sp³-hybridized carbons (Fsp3) is 0. The molecule has 0 aliphatic carbocycles. The highest BCUT2D eigenvalue weighted by Gasteiger charge is 2.10. The summed E-state index contributed by atoms with van der Waals surface area (Å²) in [6, 6.07) is 6.72. The molecule has 0 aliphatic heterocycles. The normalized spacial score (nSPS) is 10.3. The zero-order chi connectivity index (χ0) is 12.4. The Hall–Kier alpha value is -0.970. The Morgan fingerprint density at radius 2 is 1.88 bits per heavy atom. The predicted octanol–water partition coefficient (Wildman–Crippen LogP) is 4.53. The molecule has 0 radical (unpaired) electrons. The number of pyridine rings is 1. The van der Waals surface area contributed by atoms with Gasteiger partial charge in [-0.05, 0) is 28.1 Å². The van der Waals surface area contributed by atoms with Crippen LogP contribution in [0.1, 0.15) is 0 Å². The van der Waals surface area contributed by atoms with Gasteiger partial charge in [0.1, 0.15) is 11.6 Å². The average Bonchev–Trinajstić information content (AvgIpc) is 2.28. The van der Waals surface area contributed by atoms with Gasteiger partial charge < -0.3 is 10.5 Å². The molecule has 0 fully saturated rings. The Bertz CT molecular complexity index is 543. The lowest BCUT2D eigenvalue weighted by atomic mass is 10.3. The Kier molecular flexibility index (Phi) is 3.76. The maximum absolute atomic E-state index is 6.00. The monoisotopic (exact) mass is 332 g/mol. The van der Waals surface area contributed by atoms with Crippen molar-refractivity contribution in [2.24, 2.45) is 0 Å². The first-order valence-corrected chi connectivity index (χ1v) is 6.15. The Morgan fingerprint density at radius 3 is 2.53 bits per heavy atom. The van der Waals surface area contributed by atoms with Crippen LogP contribution in [0.4, 0.5) is 5.82 Å². The molecule has 2 aromatic rings. The minimum atomic E-state index is 0.353. The third-order valence-corrected chi connectivity index (χ3v) is 3.16. The molecule has 0 saturated heterocycles. The van der Waals surface area contributed by atoms with Crippen LogP contribution in [-0.2, 0) is 0 Å². The van der Waals surface area contributed by atoms with Gasteiger partial charge >= 0.3 is 0 Å². The fourth-order valence-electron chi connectivity index (χ4n) is 1.20. The van der Waals surface area contributed by atoms with Gasteiger partial charge in [0.15, 0.2) is 5.75 Å². The predicted molar refractivity (Wildman–Crippen MR) is 72.9 cm³/mol. The quantitative estimate of drug-likeness (QED) is 0.878. The third kappa shape index (κ3) is 2.83. The molecule has 88 valence electrons. The molecule has 3 nitrogen and oxygen atoms in total. The molecule has 2 rings (SSSR count). The molecular formula is C11H7BrCl2N2O. The number of nitrogens with zero attached hydrogens (tertiary/aromatic N) is 1. The summed E-state index contributed by atoms with van der Waals surface area (Å²) in [7, 11) is 0. The SMILES string of the molecule is Nc1cc(Oc2c(Cl)cccc2Cl)c(Br)cn1. The zero-order valence-electron chi connectivity index (χ0n) is 8.45. The third-order valence-electron chi connectivity index (χ3n) is 1.97. The molecule has 1 aromatic heterocycles. The Balaban J connectivity index is 2.41. The molecule has 1 aromatic carbocycles. The molecule has 0 spiro atoms. The minimum absolute atomic E-state index is 0.353. The van der Waals surface area contributed by atoms with Crippen molar-refractivity contribution >= 4 is 44.9 Å². The number of nitrogen functional groups attached to an aromatic ring is 1. The van der Waals surface area contributed by atoms with Crippen LogP contribution in [0.2, 0.25) is 10.0 Å². The number of aromatic nitrogens is 1. The van der Waals surface area contributed by atoms with Gasteiger partial charge in [-0.25, -0.2) is 4.98 Å². The molecule has 0 amide bonds. The molecule has 0 saturated carbocycles. The first-order valence-electron chi connectivity index (χ1n) is 4.61. The van der Waals surface area contributed by atoms with E-state index >= 15 is 0 Å². The summed E-state index contributed by atoms with van der Waals surface area (Å²) < 4.78 is 6.29. The van der Waals surface area contributed by atoms with Gasteiger partial charge in [0.05, 0.1) is 14.5 Å². The molecule has 0 aliphatic rings. The molecule has 17 heavy (non-hydrogen) atoms. The number of rotatable bonds is 2. The number of para-hydroxylation sites is 1. The summed E-state index contributed by atoms with van der Waals surface area (Å²) in [5, 5.41) is 0.861. The smallest absolute Gasteiger partial charge is 0.164 e. The van der Waals surface area contributed by atoms with Crippen LogP contribution in [0.15, 0.2) is 34.9 Å². The molecule has 1 heterocycles. The molecule has 0 bridgehead atoms. The van der Waals surface area contributed by atoms with E-state index in [0.29, 0.717) is 31.8 Å². The van der Waals surface area contributed by atoms with Gasteiger partial charge in [-0.1, -0.05) is 29.3 Å². The molecule has 2 N–H and O–H groups in total. The van der Waals surface area contributed by atoms with E-state index in [4.69, 9.17) is 33.7 Å². The van der Waals surface area contributed by atoms with Gasteiger partial charge in [-0.3, -0.25) is 0 Å². The highest BCUT2D eigenvalue weighted by atomic mass is 79.9. The summed E-state index contributed by atoms with van der Waals surface area (Å²) in [4.78, 5) is 3.91. The number of ether oxygens (including phenoxy) is 1. The van der Waals surface area contributed by atoms with Crippen molar-refractivity contribution < 1.29 is 4.74 Å². The van der Waals surface area contributed by atoms with Crippen molar-refractivity contribution in [2.75, 3.05) is 5.73 Å². The lowest BCUT2D eigenvalue weighted by Gasteiger charge is -2.10. The van der Waals surface area contributed by atoms with E-state index < -0.39 is 0 Å². The van der Waals surface area contributed by atoms with Crippen molar-refractivity contribution in [1.29, 1.82) is 0 Å². The standard InChI is InChI=1S/C11H7BrCl2N2O/c12-6-5-16-10(15)4-9(6)17-11-7(13)2-1-3-8(11)14/h1-5H,(H2,15,16). The lowest BCUT2D eigenvalue weighted by Crippen LogP contribution is -1.93. The van der Waals surface area contributed by atoms with Crippen molar-refractivity contribution in [3.8, 4) is 11.5 Å². The van der Waals surface area contributed by atoms with Crippen molar-refractivity contribution in [3.63, 3.8) is 0 Å². The number of hydrogen-bond acceptors (Lipinski definition) is 3. The van der Waals surface area contributed by atoms with Crippen LogP contribution < -0.4 is 10.5 Å². The molecule has 0 atom stereocenters. The van der Waals surface area contributed by atoms with E-state index in [1.165, 1.54) is 0 Å². The molecule has 6 heteroatoms. The largest absolute Gasteiger partial charge is 0.453 e. The van der Waals surface area contributed by atoms with Crippen LogP contribution >= 0.6 is 39.1 Å². The first-order chi connectivity index (χ1) is 8.08. The Morgan fingerprint density at radius 1 is 1.24 bits per heavy atom. The van der Waals surface area contributed by atoms with Gasteiger partial charge in [0.2, 0.25) is 0 Å². The van der Waals surface area contributed by atoms with E-state index in [1.54, 1.807) is 30.5 Å². The zero-order valence-corrected chi connectivity index (χ0v) is 11.6. The van der Waals surface area contributed by atoms with Crippen molar-refractivity contribution in [3.05, 3.63) is 45.0 Å². The number of hydrogen-bond donors (Lipinski definition) is 1. The number of halogens is 3. The maximum Gasteiger partial charge on any atom is 0.164 e. The highest BCUT2D eigenvalue weighted by molar-refractivity contribution is 9.10. The van der Waals surface area contributed by atoms with Crippen LogP contribution in [0.3, 0.4) is 0 Å². The second-order valence-corrected chi connectivity index (χ2v) is 4.86. The van der Waals surface area contributed by atoms with Gasteiger partial charge in [0.25, 0.3) is 0 Å². The molecule has 0 unspecified atom stereocenters. The summed E-state index contributed by atoms with van der Waals surface area (Å²) in [5.74, 6) is 1.25. The second-order valence-electron chi connectivity index (χ2n) is 3.19. The number of benzene rings is 1. The second kappa shape index (κ2) is 5.12. The summed E-state index contributed by atoms with van der Waals surface area (Å²) in [6.07, 6.45) is 1.55. The van der Waals surface area contributed by atoms with Gasteiger partial charge in [-0.15, -0.1) is 0 Å². The first kappa shape index (κ1) is 12.5. The van der Waals surface area contributed by atoms with Gasteiger partial charge in [-0.2, -0.15) is 0 Å². The van der Waals surface area contributed by atoms with Crippen LogP contribution in [0.5, 0.6) is 11.5 Å². The summed E-state index contributed by atoms with van der Waals surface area (Å²) in [5.41, 5.74) is 5.58. The summed E-state index contributed by atoms with van der Waals surface area (Å²) >= 11 is 15.3. The summed E-state index contributed by atoms with van der Waals surface area (Å²) in [6.45, 7) is 0. The van der Waals surface area contributed by atoms with Crippen LogP contribution in [0.25, 0.3) is 0 Å². The minimum Gasteiger partial charge on any atom is -0.453 e. The number of anilines is 1. The molecular weight excluding hydrogens is 327 g/mol. The maximum atomic E-state index is 6.00. The van der Waals surface area contributed by atoms with E-state index in [-0.39, 0.29) is 0 Å². The Labute approximate surface area is 117 Å². The lowest BCUT2D eigenvalue weighted by molar-refractivity contribution is 0.479. The average molecular weight is 334 g/mol. The van der Waals surface area contributed by atoms with Crippen molar-refractivity contribution in [2.45, 2.75) is 0 Å². The highest BCUT2D eigenvalue weighted by Crippen LogP contribution is 2.38. The van der Waals surface area contributed by atoms with Crippen LogP contribution in [0, 0.1) is 0 Å². The number of nitrogens with two attached hydrogens (primary N) is 1. The van der Waals surface area contributed by atoms with E-state index in [1.807, 2.05) is 0 Å².